The van der Waals surface area contributed by atoms with Crippen molar-refractivity contribution in [3.05, 3.63) is 41.5 Å². The van der Waals surface area contributed by atoms with Gasteiger partial charge < -0.3 is 30.6 Å². The first kappa shape index (κ1) is 14.8. The fourth-order valence-corrected chi connectivity index (χ4v) is 2.11. The maximum absolute atomic E-state index is 10.0. The number of hydrogen-bond donors (Lipinski definition) is 6. The van der Waals surface area contributed by atoms with E-state index in [1.165, 1.54) is 12.1 Å². The molecule has 0 amide bonds. The maximum Gasteiger partial charge on any atom is 0.157 e. The molecule has 2 aromatic carbocycles. The van der Waals surface area contributed by atoms with Gasteiger partial charge in [-0.05, 0) is 24.1 Å². The van der Waals surface area contributed by atoms with Gasteiger partial charge in [0.15, 0.2) is 11.5 Å². The van der Waals surface area contributed by atoms with E-state index in [1.54, 1.807) is 6.07 Å². The van der Waals surface area contributed by atoms with Crippen LogP contribution in [-0.4, -0.2) is 36.7 Å². The summed E-state index contributed by atoms with van der Waals surface area (Å²) in [7, 11) is 0. The molecule has 0 heterocycles. The van der Waals surface area contributed by atoms with Gasteiger partial charge in [-0.2, -0.15) is 0 Å². The fourth-order valence-electron chi connectivity index (χ4n) is 2.11. The van der Waals surface area contributed by atoms with Gasteiger partial charge in [0.2, 0.25) is 0 Å². The van der Waals surface area contributed by atoms with Crippen LogP contribution in [0.5, 0.6) is 28.7 Å². The highest BCUT2D eigenvalue weighted by Gasteiger charge is 2.15. The molecule has 0 saturated carbocycles. The number of aliphatic hydroxyl groups excluding tert-OH is 1. The predicted molar refractivity (Wildman–Crippen MR) is 74.6 cm³/mol. The number of aliphatic hydroxyl groups is 1. The van der Waals surface area contributed by atoms with E-state index in [4.69, 9.17) is 0 Å². The molecular weight excluding hydrogens is 276 g/mol. The predicted octanol–water partition coefficient (Wildman–Crippen LogP) is 1.36. The highest BCUT2D eigenvalue weighted by Crippen LogP contribution is 2.33. The van der Waals surface area contributed by atoms with E-state index in [-0.39, 0.29) is 47.2 Å². The molecule has 2 aromatic rings. The average Bonchev–Trinajstić information content (AvgIpc) is 2.38. The number of hydrogen-bond acceptors (Lipinski definition) is 6. The summed E-state index contributed by atoms with van der Waals surface area (Å²) in [4.78, 5) is 0. The van der Waals surface area contributed by atoms with E-state index in [9.17, 15) is 30.6 Å². The van der Waals surface area contributed by atoms with Crippen LogP contribution in [0, 0.1) is 0 Å². The van der Waals surface area contributed by atoms with E-state index >= 15 is 0 Å². The standard InChI is InChI=1S/C15H16O6/c16-9(3-8-1-2-12(18)15(21)4-8)5-11-13(19)6-10(17)7-14(11)20/h1-2,4,6-7,9,16-21H,3,5H2/t9-/m0/s1. The lowest BCUT2D eigenvalue weighted by atomic mass is 9.99. The monoisotopic (exact) mass is 292 g/mol. The lowest BCUT2D eigenvalue weighted by Crippen LogP contribution is -2.14. The molecule has 0 fully saturated rings. The Bertz CT molecular complexity index is 630. The molecule has 1 atom stereocenters. The molecule has 0 aromatic heterocycles. The Balaban J connectivity index is 2.11. The van der Waals surface area contributed by atoms with Crippen LogP contribution in [0.2, 0.25) is 0 Å². The topological polar surface area (TPSA) is 121 Å². The Labute approximate surface area is 120 Å². The molecule has 6 nitrogen and oxygen atoms in total. The summed E-state index contributed by atoms with van der Waals surface area (Å²) in [6.07, 6.45) is -0.789. The second kappa shape index (κ2) is 5.80. The molecular formula is C15H16O6. The first-order chi connectivity index (χ1) is 9.86. The Kier molecular flexibility index (Phi) is 4.09. The smallest absolute Gasteiger partial charge is 0.157 e. The minimum atomic E-state index is -0.921. The first-order valence-electron chi connectivity index (χ1n) is 6.29. The fraction of sp³-hybridized carbons (Fsp3) is 0.200. The molecule has 0 unspecified atom stereocenters. The van der Waals surface area contributed by atoms with Crippen molar-refractivity contribution in [3.63, 3.8) is 0 Å². The zero-order valence-corrected chi connectivity index (χ0v) is 11.1. The second-order valence-electron chi connectivity index (χ2n) is 4.85. The molecule has 112 valence electrons. The van der Waals surface area contributed by atoms with E-state index in [0.29, 0.717) is 5.56 Å². The van der Waals surface area contributed by atoms with Gasteiger partial charge in [-0.25, -0.2) is 0 Å². The van der Waals surface area contributed by atoms with Gasteiger partial charge in [-0.1, -0.05) is 6.07 Å². The third kappa shape index (κ3) is 3.49. The van der Waals surface area contributed by atoms with Crippen LogP contribution in [0.4, 0.5) is 0 Å². The summed E-state index contributed by atoms with van der Waals surface area (Å²) in [5, 5.41) is 57.1. The molecule has 0 aliphatic carbocycles. The maximum atomic E-state index is 10.0. The zero-order chi connectivity index (χ0) is 15.6. The normalized spacial score (nSPS) is 12.2. The lowest BCUT2D eigenvalue weighted by molar-refractivity contribution is 0.173. The Hall–Kier alpha value is -2.60. The summed E-state index contributed by atoms with van der Waals surface area (Å²) in [5.74, 6) is -1.41. The van der Waals surface area contributed by atoms with E-state index < -0.39 is 6.10 Å². The van der Waals surface area contributed by atoms with Crippen molar-refractivity contribution in [3.8, 4) is 28.7 Å². The van der Waals surface area contributed by atoms with Crippen molar-refractivity contribution < 1.29 is 30.6 Å². The van der Waals surface area contributed by atoms with Crippen LogP contribution in [-0.2, 0) is 12.8 Å². The lowest BCUT2D eigenvalue weighted by Gasteiger charge is -2.14. The average molecular weight is 292 g/mol. The molecule has 0 aliphatic heterocycles. The van der Waals surface area contributed by atoms with Crippen LogP contribution in [0.25, 0.3) is 0 Å². The molecule has 21 heavy (non-hydrogen) atoms. The third-order valence-corrected chi connectivity index (χ3v) is 3.14. The van der Waals surface area contributed by atoms with Crippen LogP contribution in [0.1, 0.15) is 11.1 Å². The second-order valence-corrected chi connectivity index (χ2v) is 4.85. The summed E-state index contributed by atoms with van der Waals surface area (Å²) in [6, 6.07) is 6.35. The number of phenols is 5. The summed E-state index contributed by atoms with van der Waals surface area (Å²) in [5.41, 5.74) is 0.721. The van der Waals surface area contributed by atoms with Crippen molar-refractivity contribution in [2.45, 2.75) is 18.9 Å². The van der Waals surface area contributed by atoms with Gasteiger partial charge >= 0.3 is 0 Å². The molecule has 0 radical (unpaired) electrons. The molecule has 2 rings (SSSR count). The number of rotatable bonds is 4. The number of benzene rings is 2. The van der Waals surface area contributed by atoms with E-state index in [2.05, 4.69) is 0 Å². The zero-order valence-electron chi connectivity index (χ0n) is 11.1. The Morgan fingerprint density at radius 3 is 1.90 bits per heavy atom. The third-order valence-electron chi connectivity index (χ3n) is 3.14. The van der Waals surface area contributed by atoms with Crippen LogP contribution in [0.15, 0.2) is 30.3 Å². The van der Waals surface area contributed by atoms with Gasteiger partial charge in [-0.3, -0.25) is 0 Å². The molecule has 0 spiro atoms. The quantitative estimate of drug-likeness (QED) is 0.473. The largest absolute Gasteiger partial charge is 0.508 e. The van der Waals surface area contributed by atoms with Crippen molar-refractivity contribution in [1.29, 1.82) is 0 Å². The number of aromatic hydroxyl groups is 5. The first-order valence-corrected chi connectivity index (χ1v) is 6.29. The SMILES string of the molecule is Oc1cc(O)c(C[C@@H](O)Cc2ccc(O)c(O)c2)c(O)c1. The van der Waals surface area contributed by atoms with Crippen molar-refractivity contribution in [2.75, 3.05) is 0 Å². The summed E-state index contributed by atoms with van der Waals surface area (Å²) < 4.78 is 0. The van der Waals surface area contributed by atoms with Crippen LogP contribution < -0.4 is 0 Å². The highest BCUT2D eigenvalue weighted by molar-refractivity contribution is 5.49. The molecule has 6 heteroatoms. The van der Waals surface area contributed by atoms with E-state index in [0.717, 1.165) is 12.1 Å². The van der Waals surface area contributed by atoms with Gasteiger partial charge in [-0.15, -0.1) is 0 Å². The van der Waals surface area contributed by atoms with Crippen LogP contribution in [0.3, 0.4) is 0 Å². The molecule has 0 saturated heterocycles. The molecule has 0 bridgehead atoms. The van der Waals surface area contributed by atoms with Crippen molar-refractivity contribution in [1.82, 2.24) is 0 Å². The summed E-state index contributed by atoms with van der Waals surface area (Å²) in [6.45, 7) is 0. The van der Waals surface area contributed by atoms with Crippen LogP contribution >= 0.6 is 0 Å². The van der Waals surface area contributed by atoms with Gasteiger partial charge in [0, 0.05) is 24.1 Å². The summed E-state index contributed by atoms with van der Waals surface area (Å²) >= 11 is 0. The minimum Gasteiger partial charge on any atom is -0.508 e. The Morgan fingerprint density at radius 2 is 1.33 bits per heavy atom. The van der Waals surface area contributed by atoms with E-state index in [1.807, 2.05) is 0 Å². The highest BCUT2D eigenvalue weighted by atomic mass is 16.3. The van der Waals surface area contributed by atoms with Gasteiger partial charge in [0.25, 0.3) is 0 Å². The van der Waals surface area contributed by atoms with Gasteiger partial charge in [0.05, 0.1) is 6.10 Å². The molecule has 0 aliphatic rings. The van der Waals surface area contributed by atoms with Crippen molar-refractivity contribution in [2.24, 2.45) is 0 Å². The Morgan fingerprint density at radius 1 is 0.714 bits per heavy atom. The van der Waals surface area contributed by atoms with Gasteiger partial charge in [0.1, 0.15) is 17.2 Å². The van der Waals surface area contributed by atoms with Crippen molar-refractivity contribution >= 4 is 0 Å². The number of phenolic OH excluding ortho intramolecular Hbond substituents is 5. The molecule has 6 N–H and O–H groups in total. The minimum absolute atomic E-state index is 0.0282.